The number of carbonyl (C=O) groups excluding carboxylic acids is 1. The molecule has 1 atom stereocenters. The summed E-state index contributed by atoms with van der Waals surface area (Å²) in [4.78, 5) is 29.9. The van der Waals surface area contributed by atoms with Crippen LogP contribution in [0.1, 0.15) is 25.5 Å². The van der Waals surface area contributed by atoms with Gasteiger partial charge in [0, 0.05) is 43.5 Å². The highest BCUT2D eigenvalue weighted by atomic mass is 16.5. The molecule has 0 radical (unpaired) electrons. The Kier molecular flexibility index (Phi) is 6.77. The first-order valence-corrected chi connectivity index (χ1v) is 11.4. The summed E-state index contributed by atoms with van der Waals surface area (Å²) in [6.07, 6.45) is 0. The molecule has 33 heavy (non-hydrogen) atoms. The lowest BCUT2D eigenvalue weighted by molar-refractivity contribution is -0.135. The van der Waals surface area contributed by atoms with E-state index in [0.717, 1.165) is 24.4 Å². The monoisotopic (exact) mass is 446 g/mol. The summed E-state index contributed by atoms with van der Waals surface area (Å²) >= 11 is 0. The lowest BCUT2D eigenvalue weighted by Gasteiger charge is -2.37. The average Bonchev–Trinajstić information content (AvgIpc) is 2.84. The highest BCUT2D eigenvalue weighted by molar-refractivity contribution is 5.80. The predicted molar refractivity (Wildman–Crippen MR) is 130 cm³/mol. The number of nitrogens with zero attached hydrogens (tertiary/aromatic N) is 4. The van der Waals surface area contributed by atoms with Gasteiger partial charge in [-0.2, -0.15) is 5.10 Å². The predicted octanol–water partition coefficient (Wildman–Crippen LogP) is 3.53. The van der Waals surface area contributed by atoms with Crippen molar-refractivity contribution in [3.63, 3.8) is 0 Å². The first kappa shape index (κ1) is 22.6. The van der Waals surface area contributed by atoms with E-state index in [0.29, 0.717) is 25.4 Å². The number of hydrogen-bond donors (Lipinski definition) is 0. The average molecular weight is 447 g/mol. The lowest BCUT2D eigenvalue weighted by Crippen LogP contribution is -2.51. The van der Waals surface area contributed by atoms with Crippen LogP contribution in [0.4, 0.5) is 5.69 Å². The molecule has 1 aliphatic rings. The SMILES string of the molecule is CCOc1ccc(-c2ccc(=O)n(C(C)C(=O)N3CCN(c4cccc(C)c4)CC3)n2)cc1. The van der Waals surface area contributed by atoms with E-state index < -0.39 is 6.04 Å². The number of hydrogen-bond acceptors (Lipinski definition) is 5. The number of amides is 1. The highest BCUT2D eigenvalue weighted by Crippen LogP contribution is 2.22. The topological polar surface area (TPSA) is 67.7 Å². The van der Waals surface area contributed by atoms with Crippen LogP contribution in [0.2, 0.25) is 0 Å². The zero-order chi connectivity index (χ0) is 23.4. The fourth-order valence-corrected chi connectivity index (χ4v) is 4.12. The van der Waals surface area contributed by atoms with Gasteiger partial charge in [-0.05, 0) is 68.8 Å². The Labute approximate surface area is 194 Å². The van der Waals surface area contributed by atoms with Gasteiger partial charge in [0.2, 0.25) is 5.91 Å². The van der Waals surface area contributed by atoms with Crippen LogP contribution in [0.5, 0.6) is 5.75 Å². The third kappa shape index (κ3) is 5.08. The smallest absolute Gasteiger partial charge is 0.267 e. The van der Waals surface area contributed by atoms with Crippen LogP contribution in [0.25, 0.3) is 11.3 Å². The van der Waals surface area contributed by atoms with Crippen molar-refractivity contribution in [3.05, 3.63) is 76.6 Å². The van der Waals surface area contributed by atoms with Crippen LogP contribution in [0, 0.1) is 6.92 Å². The van der Waals surface area contributed by atoms with Gasteiger partial charge in [-0.25, -0.2) is 4.68 Å². The molecule has 7 nitrogen and oxygen atoms in total. The quantitative estimate of drug-likeness (QED) is 0.580. The Morgan fingerprint density at radius 2 is 1.76 bits per heavy atom. The van der Waals surface area contributed by atoms with E-state index in [2.05, 4.69) is 41.2 Å². The Morgan fingerprint density at radius 1 is 1.03 bits per heavy atom. The van der Waals surface area contributed by atoms with Crippen LogP contribution >= 0.6 is 0 Å². The third-order valence-electron chi connectivity index (χ3n) is 5.97. The van der Waals surface area contributed by atoms with Gasteiger partial charge in [-0.3, -0.25) is 9.59 Å². The minimum absolute atomic E-state index is 0.0858. The van der Waals surface area contributed by atoms with E-state index in [-0.39, 0.29) is 11.5 Å². The molecular weight excluding hydrogens is 416 g/mol. The first-order valence-electron chi connectivity index (χ1n) is 11.4. The molecule has 0 bridgehead atoms. The summed E-state index contributed by atoms with van der Waals surface area (Å²) in [6, 6.07) is 18.4. The van der Waals surface area contributed by atoms with E-state index in [1.54, 1.807) is 13.0 Å². The van der Waals surface area contributed by atoms with Crippen molar-refractivity contribution in [2.45, 2.75) is 26.8 Å². The van der Waals surface area contributed by atoms with E-state index in [4.69, 9.17) is 4.74 Å². The Hall–Kier alpha value is -3.61. The number of ether oxygens (including phenoxy) is 1. The first-order chi connectivity index (χ1) is 16.0. The van der Waals surface area contributed by atoms with Crippen LogP contribution in [0.15, 0.2) is 65.5 Å². The van der Waals surface area contributed by atoms with E-state index in [1.165, 1.54) is 22.0 Å². The molecule has 0 aliphatic carbocycles. The third-order valence-corrected chi connectivity index (χ3v) is 5.97. The van der Waals surface area contributed by atoms with Crippen molar-refractivity contribution in [3.8, 4) is 17.0 Å². The maximum atomic E-state index is 13.2. The van der Waals surface area contributed by atoms with Gasteiger partial charge in [0.1, 0.15) is 11.8 Å². The van der Waals surface area contributed by atoms with Gasteiger partial charge in [-0.15, -0.1) is 0 Å². The molecule has 1 saturated heterocycles. The van der Waals surface area contributed by atoms with Gasteiger partial charge < -0.3 is 14.5 Å². The molecule has 2 aromatic carbocycles. The van der Waals surface area contributed by atoms with E-state index in [9.17, 15) is 9.59 Å². The fourth-order valence-electron chi connectivity index (χ4n) is 4.12. The maximum Gasteiger partial charge on any atom is 0.267 e. The number of anilines is 1. The van der Waals surface area contributed by atoms with Crippen molar-refractivity contribution in [1.29, 1.82) is 0 Å². The molecule has 0 spiro atoms. The number of piperazine rings is 1. The molecule has 172 valence electrons. The van der Waals surface area contributed by atoms with Gasteiger partial charge in [-0.1, -0.05) is 12.1 Å². The summed E-state index contributed by atoms with van der Waals surface area (Å²) in [5, 5.41) is 4.51. The molecule has 4 rings (SSSR count). The van der Waals surface area contributed by atoms with Crippen molar-refractivity contribution in [2.24, 2.45) is 0 Å². The van der Waals surface area contributed by atoms with E-state index in [1.807, 2.05) is 36.1 Å². The maximum absolute atomic E-state index is 13.2. The molecule has 3 aromatic rings. The molecule has 0 N–H and O–H groups in total. The van der Waals surface area contributed by atoms with Gasteiger partial charge in [0.05, 0.1) is 12.3 Å². The van der Waals surface area contributed by atoms with Crippen molar-refractivity contribution < 1.29 is 9.53 Å². The summed E-state index contributed by atoms with van der Waals surface area (Å²) < 4.78 is 6.78. The standard InChI is InChI=1S/C26H30N4O3/c1-4-33-23-10-8-21(9-11-23)24-12-13-25(31)30(27-24)20(3)26(32)29-16-14-28(15-17-29)22-7-5-6-19(2)18-22/h5-13,18,20H,4,14-17H2,1-3H3. The molecule has 1 aliphatic heterocycles. The zero-order valence-corrected chi connectivity index (χ0v) is 19.4. The number of carbonyl (C=O) groups is 1. The molecule has 7 heteroatoms. The molecule has 1 unspecified atom stereocenters. The second-order valence-electron chi connectivity index (χ2n) is 8.29. The molecule has 1 aromatic heterocycles. The lowest BCUT2D eigenvalue weighted by atomic mass is 10.1. The normalized spacial score (nSPS) is 14.8. The highest BCUT2D eigenvalue weighted by Gasteiger charge is 2.27. The minimum Gasteiger partial charge on any atom is -0.494 e. The Morgan fingerprint density at radius 3 is 2.42 bits per heavy atom. The zero-order valence-electron chi connectivity index (χ0n) is 19.4. The summed E-state index contributed by atoms with van der Waals surface area (Å²) in [7, 11) is 0. The van der Waals surface area contributed by atoms with Crippen LogP contribution in [-0.4, -0.2) is 53.4 Å². The number of aryl methyl sites for hydroxylation is 1. The fraction of sp³-hybridized carbons (Fsp3) is 0.346. The molecule has 1 fully saturated rings. The molecular formula is C26H30N4O3. The van der Waals surface area contributed by atoms with Gasteiger partial charge in [0.25, 0.3) is 5.56 Å². The molecule has 1 amide bonds. The number of rotatable bonds is 6. The second-order valence-corrected chi connectivity index (χ2v) is 8.29. The second kappa shape index (κ2) is 9.90. The summed E-state index contributed by atoms with van der Waals surface area (Å²) in [6.45, 7) is 9.11. The van der Waals surface area contributed by atoms with Crippen molar-refractivity contribution in [1.82, 2.24) is 14.7 Å². The minimum atomic E-state index is -0.675. The molecule has 2 heterocycles. The number of benzene rings is 2. The Balaban J connectivity index is 1.46. The Bertz CT molecular complexity index is 1160. The van der Waals surface area contributed by atoms with Crippen LogP contribution in [-0.2, 0) is 4.79 Å². The summed E-state index contributed by atoms with van der Waals surface area (Å²) in [5.41, 5.74) is 3.61. The summed E-state index contributed by atoms with van der Waals surface area (Å²) in [5.74, 6) is 0.695. The van der Waals surface area contributed by atoms with Crippen LogP contribution in [0.3, 0.4) is 0 Å². The van der Waals surface area contributed by atoms with Crippen molar-refractivity contribution >= 4 is 11.6 Å². The van der Waals surface area contributed by atoms with Gasteiger partial charge >= 0.3 is 0 Å². The van der Waals surface area contributed by atoms with Crippen molar-refractivity contribution in [2.75, 3.05) is 37.7 Å². The largest absolute Gasteiger partial charge is 0.494 e. The van der Waals surface area contributed by atoms with Gasteiger partial charge in [0.15, 0.2) is 0 Å². The van der Waals surface area contributed by atoms with Crippen LogP contribution < -0.4 is 15.2 Å². The van der Waals surface area contributed by atoms with E-state index >= 15 is 0 Å². The number of aromatic nitrogens is 2. The molecule has 0 saturated carbocycles.